The highest BCUT2D eigenvalue weighted by Gasteiger charge is 1.74. The molecule has 0 spiro atoms. The number of rotatable bonds is 2. The lowest BCUT2D eigenvalue weighted by molar-refractivity contribution is 0.332. The van der Waals surface area contributed by atoms with E-state index in [-0.39, 0.29) is 6.61 Å². The summed E-state index contributed by atoms with van der Waals surface area (Å²) in [4.78, 5) is 0. The smallest absolute Gasteiger partial charge is 0.0500 e. The van der Waals surface area contributed by atoms with Gasteiger partial charge in [-0.05, 0) is 13.8 Å². The highest BCUT2D eigenvalue weighted by atomic mass is 16.2. The van der Waals surface area contributed by atoms with Crippen LogP contribution in [0.5, 0.6) is 0 Å². The molecule has 0 aromatic carbocycles. The van der Waals surface area contributed by atoms with E-state index in [1.807, 2.05) is 19.9 Å². The number of aliphatic hydroxyl groups excluding tert-OH is 1. The van der Waals surface area contributed by atoms with Gasteiger partial charge in [-0.15, -0.1) is 0 Å². The van der Waals surface area contributed by atoms with Crippen molar-refractivity contribution < 1.29 is 5.11 Å². The Labute approximate surface area is 44.7 Å². The monoisotopic (exact) mass is 99.1 g/mol. The van der Waals surface area contributed by atoms with Crippen LogP contribution in [0.25, 0.3) is 0 Å². The van der Waals surface area contributed by atoms with Crippen LogP contribution < -0.4 is 0 Å². The van der Waals surface area contributed by atoms with E-state index in [2.05, 4.69) is 0 Å². The minimum atomic E-state index is 0.144. The van der Waals surface area contributed by atoms with Gasteiger partial charge in [-0.3, -0.25) is 0 Å². The SMILES string of the molecule is CC(C)=C[CH]CO. The Morgan fingerprint density at radius 1 is 1.57 bits per heavy atom. The van der Waals surface area contributed by atoms with Gasteiger partial charge < -0.3 is 5.11 Å². The quantitative estimate of drug-likeness (QED) is 0.550. The molecular weight excluding hydrogens is 88.1 g/mol. The Bertz CT molecular complexity index is 60.6. The van der Waals surface area contributed by atoms with Gasteiger partial charge in [0.15, 0.2) is 0 Å². The average molecular weight is 99.2 g/mol. The second-order valence-electron chi connectivity index (χ2n) is 1.66. The first kappa shape index (κ1) is 6.70. The summed E-state index contributed by atoms with van der Waals surface area (Å²) in [6.45, 7) is 4.13. The molecule has 41 valence electrons. The van der Waals surface area contributed by atoms with Crippen LogP contribution in [-0.2, 0) is 0 Å². The maximum Gasteiger partial charge on any atom is 0.0500 e. The normalized spacial score (nSPS) is 8.43. The Kier molecular flexibility index (Phi) is 3.71. The summed E-state index contributed by atoms with van der Waals surface area (Å²) < 4.78 is 0. The third-order valence-electron chi connectivity index (χ3n) is 0.557. The molecule has 0 aromatic rings. The third kappa shape index (κ3) is 5.70. The Morgan fingerprint density at radius 2 is 2.14 bits per heavy atom. The van der Waals surface area contributed by atoms with Crippen molar-refractivity contribution in [2.75, 3.05) is 6.61 Å². The molecule has 0 unspecified atom stereocenters. The highest BCUT2D eigenvalue weighted by molar-refractivity contribution is 5.01. The molecule has 0 rings (SSSR count). The van der Waals surface area contributed by atoms with Crippen molar-refractivity contribution in [3.63, 3.8) is 0 Å². The van der Waals surface area contributed by atoms with Crippen LogP contribution >= 0.6 is 0 Å². The fraction of sp³-hybridized carbons (Fsp3) is 0.500. The Morgan fingerprint density at radius 3 is 2.29 bits per heavy atom. The highest BCUT2D eigenvalue weighted by Crippen LogP contribution is 1.88. The average Bonchev–Trinajstić information content (AvgIpc) is 1.61. The van der Waals surface area contributed by atoms with Gasteiger partial charge in [0.25, 0.3) is 0 Å². The molecule has 7 heavy (non-hydrogen) atoms. The van der Waals surface area contributed by atoms with Crippen LogP contribution in [0.1, 0.15) is 13.8 Å². The van der Waals surface area contributed by atoms with Crippen LogP contribution in [-0.4, -0.2) is 11.7 Å². The molecule has 0 heterocycles. The summed E-state index contributed by atoms with van der Waals surface area (Å²) >= 11 is 0. The van der Waals surface area contributed by atoms with Crippen molar-refractivity contribution in [1.82, 2.24) is 0 Å². The zero-order chi connectivity index (χ0) is 5.70. The zero-order valence-corrected chi connectivity index (χ0v) is 4.81. The van der Waals surface area contributed by atoms with E-state index in [1.165, 1.54) is 5.57 Å². The van der Waals surface area contributed by atoms with E-state index in [0.29, 0.717) is 0 Å². The van der Waals surface area contributed by atoms with Gasteiger partial charge >= 0.3 is 0 Å². The lowest BCUT2D eigenvalue weighted by Crippen LogP contribution is -1.77. The zero-order valence-electron chi connectivity index (χ0n) is 4.81. The van der Waals surface area contributed by atoms with Crippen molar-refractivity contribution >= 4 is 0 Å². The fourth-order valence-corrected chi connectivity index (χ4v) is 0.288. The first-order valence-electron chi connectivity index (χ1n) is 2.35. The topological polar surface area (TPSA) is 20.2 Å². The van der Waals surface area contributed by atoms with E-state index in [4.69, 9.17) is 5.11 Å². The number of hydrogen-bond acceptors (Lipinski definition) is 1. The van der Waals surface area contributed by atoms with Gasteiger partial charge in [0.1, 0.15) is 0 Å². The number of hydrogen-bond donors (Lipinski definition) is 1. The van der Waals surface area contributed by atoms with Crippen molar-refractivity contribution in [2.45, 2.75) is 13.8 Å². The molecule has 0 atom stereocenters. The molecule has 0 aromatic heterocycles. The van der Waals surface area contributed by atoms with E-state index >= 15 is 0 Å². The van der Waals surface area contributed by atoms with E-state index in [9.17, 15) is 0 Å². The third-order valence-corrected chi connectivity index (χ3v) is 0.557. The molecule has 0 aliphatic heterocycles. The minimum Gasteiger partial charge on any atom is -0.396 e. The molecule has 1 N–H and O–H groups in total. The molecule has 0 saturated heterocycles. The van der Waals surface area contributed by atoms with Crippen molar-refractivity contribution in [1.29, 1.82) is 0 Å². The lowest BCUT2D eigenvalue weighted by Gasteiger charge is -1.84. The number of allylic oxidation sites excluding steroid dienone is 1. The molecule has 0 bridgehead atoms. The van der Waals surface area contributed by atoms with Gasteiger partial charge in [0.2, 0.25) is 0 Å². The van der Waals surface area contributed by atoms with Crippen molar-refractivity contribution in [2.24, 2.45) is 0 Å². The summed E-state index contributed by atoms with van der Waals surface area (Å²) in [5.41, 5.74) is 1.22. The molecule has 0 aliphatic carbocycles. The predicted octanol–water partition coefficient (Wildman–Crippen LogP) is 1.15. The molecule has 1 heteroatoms. The van der Waals surface area contributed by atoms with E-state index in [0.717, 1.165) is 0 Å². The van der Waals surface area contributed by atoms with Gasteiger partial charge in [-0.25, -0.2) is 0 Å². The van der Waals surface area contributed by atoms with Crippen LogP contribution in [0, 0.1) is 6.42 Å². The summed E-state index contributed by atoms with van der Waals surface area (Å²) in [6, 6.07) is 0. The maximum absolute atomic E-state index is 8.22. The molecule has 0 aliphatic rings. The van der Waals surface area contributed by atoms with Crippen LogP contribution in [0.2, 0.25) is 0 Å². The molecule has 0 saturated carbocycles. The Hall–Kier alpha value is -0.300. The van der Waals surface area contributed by atoms with Gasteiger partial charge in [-0.1, -0.05) is 11.6 Å². The summed E-state index contributed by atoms with van der Waals surface area (Å²) in [5, 5.41) is 8.22. The summed E-state index contributed by atoms with van der Waals surface area (Å²) in [6.07, 6.45) is 3.61. The summed E-state index contributed by atoms with van der Waals surface area (Å²) in [7, 11) is 0. The van der Waals surface area contributed by atoms with Crippen molar-refractivity contribution in [3.05, 3.63) is 18.1 Å². The fourth-order valence-electron chi connectivity index (χ4n) is 0.288. The first-order valence-corrected chi connectivity index (χ1v) is 2.35. The van der Waals surface area contributed by atoms with Gasteiger partial charge in [-0.2, -0.15) is 0 Å². The molecule has 0 fully saturated rings. The molecular formula is C6H11O. The Balaban J connectivity index is 3.08. The predicted molar refractivity (Wildman–Crippen MR) is 30.8 cm³/mol. The lowest BCUT2D eigenvalue weighted by atomic mass is 10.3. The van der Waals surface area contributed by atoms with Crippen molar-refractivity contribution in [3.8, 4) is 0 Å². The molecule has 1 nitrogen and oxygen atoms in total. The first-order chi connectivity index (χ1) is 3.27. The maximum atomic E-state index is 8.22. The standard InChI is InChI=1S/C6H11O/c1-6(2)4-3-5-7/h3-4,7H,5H2,1-2H3. The second kappa shape index (κ2) is 3.88. The largest absolute Gasteiger partial charge is 0.396 e. The van der Waals surface area contributed by atoms with Crippen LogP contribution in [0.3, 0.4) is 0 Å². The van der Waals surface area contributed by atoms with Gasteiger partial charge in [0.05, 0.1) is 0 Å². The van der Waals surface area contributed by atoms with Crippen LogP contribution in [0.4, 0.5) is 0 Å². The minimum absolute atomic E-state index is 0.144. The van der Waals surface area contributed by atoms with E-state index in [1.54, 1.807) is 6.42 Å². The van der Waals surface area contributed by atoms with E-state index < -0.39 is 0 Å². The van der Waals surface area contributed by atoms with Gasteiger partial charge in [0, 0.05) is 13.0 Å². The van der Waals surface area contributed by atoms with Crippen LogP contribution in [0.15, 0.2) is 11.6 Å². The second-order valence-corrected chi connectivity index (χ2v) is 1.66. The molecule has 1 radical (unpaired) electrons. The molecule has 0 amide bonds. The number of aliphatic hydroxyl groups is 1. The summed E-state index contributed by atoms with van der Waals surface area (Å²) in [5.74, 6) is 0.